The number of carboxylic acid groups (broad SMARTS) is 1. The van der Waals surface area contributed by atoms with Crippen LogP contribution >= 0.6 is 0 Å². The fourth-order valence-corrected chi connectivity index (χ4v) is 4.43. The van der Waals surface area contributed by atoms with Crippen LogP contribution in [0, 0.1) is 0 Å². The second kappa shape index (κ2) is 13.4. The number of carboxylic acids is 1. The Balaban J connectivity index is 0.000000517. The van der Waals surface area contributed by atoms with E-state index in [-0.39, 0.29) is 0 Å². The third-order valence-corrected chi connectivity index (χ3v) is 6.59. The van der Waals surface area contributed by atoms with Gasteiger partial charge in [0, 0.05) is 51.4 Å². The lowest BCUT2D eigenvalue weighted by Crippen LogP contribution is -2.45. The summed E-state index contributed by atoms with van der Waals surface area (Å²) in [5.41, 5.74) is 4.34. The molecule has 1 aromatic heterocycles. The number of halogens is 6. The van der Waals surface area contributed by atoms with Crippen molar-refractivity contribution in [1.82, 2.24) is 25.5 Å². The number of imidazole rings is 1. The molecule has 1 aliphatic rings. The molecule has 1 fully saturated rings. The van der Waals surface area contributed by atoms with E-state index in [2.05, 4.69) is 49.8 Å². The van der Waals surface area contributed by atoms with Crippen LogP contribution in [0.3, 0.4) is 0 Å². The molecular formula is C29H29F6N5O2. The molecule has 0 bridgehead atoms. The zero-order valence-corrected chi connectivity index (χ0v) is 22.3. The fourth-order valence-electron chi connectivity index (χ4n) is 4.43. The summed E-state index contributed by atoms with van der Waals surface area (Å²) in [6.45, 7) is 7.11. The van der Waals surface area contributed by atoms with Gasteiger partial charge in [0.05, 0.1) is 16.6 Å². The van der Waals surface area contributed by atoms with E-state index in [0.29, 0.717) is 16.9 Å². The summed E-state index contributed by atoms with van der Waals surface area (Å²) >= 11 is 0. The number of hydrogen-bond donors (Lipinski definition) is 4. The molecule has 224 valence electrons. The van der Waals surface area contributed by atoms with Gasteiger partial charge in [-0.3, -0.25) is 4.90 Å². The van der Waals surface area contributed by atoms with Gasteiger partial charge in [-0.05, 0) is 47.0 Å². The van der Waals surface area contributed by atoms with Crippen LogP contribution in [0.25, 0.3) is 33.5 Å². The number of hydrogen-bond acceptors (Lipinski definition) is 5. The van der Waals surface area contributed by atoms with Gasteiger partial charge in [-0.2, -0.15) is 26.3 Å². The van der Waals surface area contributed by atoms with Crippen LogP contribution in [0.5, 0.6) is 0 Å². The first-order chi connectivity index (χ1) is 19.9. The molecule has 2 heterocycles. The van der Waals surface area contributed by atoms with E-state index in [1.54, 1.807) is 0 Å². The number of aromatic amines is 1. The van der Waals surface area contributed by atoms with Crippen molar-refractivity contribution in [3.63, 3.8) is 0 Å². The van der Waals surface area contributed by atoms with Crippen LogP contribution in [0.2, 0.25) is 0 Å². The summed E-state index contributed by atoms with van der Waals surface area (Å²) in [5.74, 6) is -2.21. The zero-order valence-electron chi connectivity index (χ0n) is 22.3. The molecule has 3 aromatic carbocycles. The Kier molecular flexibility index (Phi) is 9.86. The smallest absolute Gasteiger partial charge is 0.475 e. The topological polar surface area (TPSA) is 93.3 Å². The van der Waals surface area contributed by atoms with Gasteiger partial charge in [0.1, 0.15) is 5.82 Å². The fraction of sp³-hybridized carbons (Fsp3) is 0.310. The highest BCUT2D eigenvalue weighted by Crippen LogP contribution is 2.32. The van der Waals surface area contributed by atoms with Crippen LogP contribution in [-0.4, -0.2) is 71.4 Å². The minimum atomic E-state index is -5.08. The second-order valence-corrected chi connectivity index (χ2v) is 9.67. The molecule has 0 aliphatic carbocycles. The van der Waals surface area contributed by atoms with Gasteiger partial charge < -0.3 is 20.7 Å². The Morgan fingerprint density at radius 1 is 0.905 bits per heavy atom. The summed E-state index contributed by atoms with van der Waals surface area (Å²) in [4.78, 5) is 18.9. The molecule has 5 rings (SSSR count). The van der Waals surface area contributed by atoms with Crippen LogP contribution in [-0.2, 0) is 17.5 Å². The molecule has 42 heavy (non-hydrogen) atoms. The van der Waals surface area contributed by atoms with E-state index < -0.39 is 23.9 Å². The van der Waals surface area contributed by atoms with Crippen molar-refractivity contribution in [2.24, 2.45) is 0 Å². The Morgan fingerprint density at radius 3 is 2.21 bits per heavy atom. The molecular weight excluding hydrogens is 564 g/mol. The third kappa shape index (κ3) is 8.54. The van der Waals surface area contributed by atoms with Crippen LogP contribution in [0.4, 0.5) is 26.3 Å². The molecule has 0 atom stereocenters. The summed E-state index contributed by atoms with van der Waals surface area (Å²) in [7, 11) is 0. The number of H-pyrrole nitrogens is 1. The van der Waals surface area contributed by atoms with Crippen LogP contribution in [0.1, 0.15) is 11.1 Å². The SMILES string of the molecule is FC(F)(F)c1ccc2nc(-c3cccc(-c4cccc(CNCCN5CCNCC5)c4)c3)[nH]c2c1.O=C(O)C(F)(F)F. The van der Waals surface area contributed by atoms with Gasteiger partial charge in [0.25, 0.3) is 0 Å². The highest BCUT2D eigenvalue weighted by Gasteiger charge is 2.38. The maximum Gasteiger partial charge on any atom is 0.490 e. The van der Waals surface area contributed by atoms with Gasteiger partial charge in [-0.1, -0.05) is 36.4 Å². The van der Waals surface area contributed by atoms with Crippen LogP contribution < -0.4 is 10.6 Å². The van der Waals surface area contributed by atoms with Crippen molar-refractivity contribution in [2.75, 3.05) is 39.3 Å². The van der Waals surface area contributed by atoms with E-state index in [4.69, 9.17) is 9.90 Å². The monoisotopic (exact) mass is 593 g/mol. The largest absolute Gasteiger partial charge is 0.490 e. The number of carbonyl (C=O) groups is 1. The molecule has 1 aliphatic heterocycles. The first-order valence-electron chi connectivity index (χ1n) is 13.1. The van der Waals surface area contributed by atoms with E-state index in [9.17, 15) is 26.3 Å². The van der Waals surface area contributed by atoms with Crippen molar-refractivity contribution in [3.8, 4) is 22.5 Å². The predicted octanol–water partition coefficient (Wildman–Crippen LogP) is 5.54. The van der Waals surface area contributed by atoms with Crippen molar-refractivity contribution >= 4 is 17.0 Å². The zero-order chi connectivity index (χ0) is 30.3. The molecule has 0 spiro atoms. The molecule has 13 heteroatoms. The molecule has 0 unspecified atom stereocenters. The van der Waals surface area contributed by atoms with E-state index in [1.807, 2.05) is 24.3 Å². The lowest BCUT2D eigenvalue weighted by atomic mass is 10.0. The number of nitrogens with one attached hydrogen (secondary N) is 3. The Bertz CT molecular complexity index is 1500. The molecule has 4 N–H and O–H groups in total. The van der Waals surface area contributed by atoms with Crippen molar-refractivity contribution in [2.45, 2.75) is 18.9 Å². The lowest BCUT2D eigenvalue weighted by molar-refractivity contribution is -0.192. The summed E-state index contributed by atoms with van der Waals surface area (Å²) in [6, 6.07) is 19.9. The van der Waals surface area contributed by atoms with Crippen molar-refractivity contribution in [3.05, 3.63) is 77.9 Å². The van der Waals surface area contributed by atoms with Gasteiger partial charge in [-0.15, -0.1) is 0 Å². The highest BCUT2D eigenvalue weighted by molar-refractivity contribution is 5.81. The van der Waals surface area contributed by atoms with Crippen molar-refractivity contribution < 1.29 is 36.2 Å². The first-order valence-corrected chi connectivity index (χ1v) is 13.1. The van der Waals surface area contributed by atoms with Gasteiger partial charge in [-0.25, -0.2) is 9.78 Å². The number of rotatable bonds is 7. The average Bonchev–Trinajstić information content (AvgIpc) is 3.39. The summed E-state index contributed by atoms with van der Waals surface area (Å²) in [6.07, 6.45) is -9.47. The third-order valence-electron chi connectivity index (χ3n) is 6.59. The normalized spacial score (nSPS) is 14.4. The Hall–Kier alpha value is -3.94. The van der Waals surface area contributed by atoms with Gasteiger partial charge >= 0.3 is 18.3 Å². The predicted molar refractivity (Wildman–Crippen MR) is 147 cm³/mol. The maximum absolute atomic E-state index is 13.1. The molecule has 1 saturated heterocycles. The number of nitrogens with zero attached hydrogens (tertiary/aromatic N) is 2. The first kappa shape index (κ1) is 31.0. The van der Waals surface area contributed by atoms with Crippen molar-refractivity contribution in [1.29, 1.82) is 0 Å². The van der Waals surface area contributed by atoms with Gasteiger partial charge in [0.15, 0.2) is 0 Å². The lowest BCUT2D eigenvalue weighted by Gasteiger charge is -2.27. The van der Waals surface area contributed by atoms with Gasteiger partial charge in [0.2, 0.25) is 0 Å². The Morgan fingerprint density at radius 2 is 1.55 bits per heavy atom. The van der Waals surface area contributed by atoms with Crippen LogP contribution in [0.15, 0.2) is 66.7 Å². The molecule has 0 saturated carbocycles. The van der Waals surface area contributed by atoms with E-state index in [0.717, 1.165) is 74.6 Å². The highest BCUT2D eigenvalue weighted by atomic mass is 19.4. The quantitative estimate of drug-likeness (QED) is 0.166. The molecule has 4 aromatic rings. The summed E-state index contributed by atoms with van der Waals surface area (Å²) in [5, 5.41) is 14.0. The Labute approximate surface area is 237 Å². The minimum absolute atomic E-state index is 0.370. The van der Waals surface area contributed by atoms with E-state index in [1.165, 1.54) is 11.6 Å². The maximum atomic E-state index is 13.1. The number of aromatic nitrogens is 2. The minimum Gasteiger partial charge on any atom is -0.475 e. The number of fused-ring (bicyclic) bond motifs is 1. The molecule has 7 nitrogen and oxygen atoms in total. The number of piperazine rings is 1. The average molecular weight is 594 g/mol. The number of benzene rings is 3. The number of aliphatic carboxylic acids is 1. The second-order valence-electron chi connectivity index (χ2n) is 9.67. The molecule has 0 amide bonds. The standard InChI is InChI=1S/C27H28F3N5.C2HF3O2/c28-27(29,30)23-7-8-24-25(17-23)34-26(33-24)22-6-2-5-21(16-22)20-4-1-3-19(15-20)18-32-11-14-35-12-9-31-10-13-35;3-2(4,5)1(6)7/h1-8,15-17,31-32H,9-14,18H2,(H,33,34);(H,6,7). The number of alkyl halides is 6. The van der Waals surface area contributed by atoms with E-state index >= 15 is 0 Å². The summed E-state index contributed by atoms with van der Waals surface area (Å²) < 4.78 is 70.9. The molecule has 0 radical (unpaired) electrons.